The first kappa shape index (κ1) is 23.5. The summed E-state index contributed by atoms with van der Waals surface area (Å²) in [6.07, 6.45) is 1.16. The number of hydrogen-bond acceptors (Lipinski definition) is 7. The van der Waals surface area contributed by atoms with Crippen molar-refractivity contribution >= 4 is 17.6 Å². The van der Waals surface area contributed by atoms with Gasteiger partial charge in [-0.05, 0) is 31.0 Å². The van der Waals surface area contributed by atoms with Crippen LogP contribution in [-0.4, -0.2) is 63.5 Å². The molecule has 178 valence electrons. The van der Waals surface area contributed by atoms with Crippen molar-refractivity contribution in [1.82, 2.24) is 14.9 Å². The number of likely N-dealkylation sites (tertiary alicyclic amines) is 1. The molecule has 0 bridgehead atoms. The number of carbonyl (C=O) groups excluding carboxylic acids is 2. The Kier molecular flexibility index (Phi) is 6.70. The summed E-state index contributed by atoms with van der Waals surface area (Å²) in [6.45, 7) is -1.15. The molecule has 1 aromatic carbocycles. The molecule has 2 heterocycles. The lowest BCUT2D eigenvalue weighted by molar-refractivity contribution is -0.160. The smallest absolute Gasteiger partial charge is 0.301 e. The van der Waals surface area contributed by atoms with Gasteiger partial charge in [-0.1, -0.05) is 0 Å². The second kappa shape index (κ2) is 9.69. The Balaban J connectivity index is 1.48. The summed E-state index contributed by atoms with van der Waals surface area (Å²) in [4.78, 5) is 33.1. The fourth-order valence-corrected chi connectivity index (χ4v) is 3.72. The molecule has 2 amide bonds. The van der Waals surface area contributed by atoms with Crippen LogP contribution in [-0.2, 0) is 9.59 Å². The molecule has 11 heteroatoms. The molecular formula is C23H23F2N5O4. The van der Waals surface area contributed by atoms with Gasteiger partial charge in [0.1, 0.15) is 24.0 Å². The second-order valence-electron chi connectivity index (χ2n) is 8.32. The molecule has 0 spiro atoms. The van der Waals surface area contributed by atoms with Gasteiger partial charge in [0.15, 0.2) is 6.10 Å². The van der Waals surface area contributed by atoms with Crippen molar-refractivity contribution in [1.29, 1.82) is 5.26 Å². The van der Waals surface area contributed by atoms with Crippen LogP contribution in [0.3, 0.4) is 0 Å². The summed E-state index contributed by atoms with van der Waals surface area (Å²) in [5.74, 6) is -3.62. The number of anilines is 1. The number of carbonyl (C=O) groups is 2. The van der Waals surface area contributed by atoms with Gasteiger partial charge in [0.25, 0.3) is 0 Å². The van der Waals surface area contributed by atoms with E-state index >= 15 is 0 Å². The Morgan fingerprint density at radius 3 is 2.74 bits per heavy atom. The summed E-state index contributed by atoms with van der Waals surface area (Å²) in [5.41, 5.74) is 1.03. The molecule has 1 saturated heterocycles. The third-order valence-corrected chi connectivity index (χ3v) is 5.74. The average molecular weight is 471 g/mol. The van der Waals surface area contributed by atoms with E-state index in [1.807, 2.05) is 6.07 Å². The maximum atomic E-state index is 14.7. The van der Waals surface area contributed by atoms with E-state index < -0.39 is 31.1 Å². The molecule has 1 aromatic heterocycles. The van der Waals surface area contributed by atoms with E-state index in [9.17, 15) is 23.6 Å². The van der Waals surface area contributed by atoms with Crippen molar-refractivity contribution in [2.24, 2.45) is 5.92 Å². The minimum absolute atomic E-state index is 0.00220. The van der Waals surface area contributed by atoms with Crippen molar-refractivity contribution in [3.8, 4) is 23.1 Å². The molecular weight excluding hydrogens is 448 g/mol. The minimum Gasteiger partial charge on any atom is -0.483 e. The molecule has 2 aliphatic rings. The van der Waals surface area contributed by atoms with Crippen LogP contribution in [0, 0.1) is 17.2 Å². The Labute approximate surface area is 194 Å². The summed E-state index contributed by atoms with van der Waals surface area (Å²) >= 11 is 0. The van der Waals surface area contributed by atoms with Crippen LogP contribution in [0.15, 0.2) is 30.6 Å². The predicted octanol–water partition coefficient (Wildman–Crippen LogP) is 2.36. The minimum atomic E-state index is -3.32. The SMILES string of the molecule is N#Cc1cc(-c2cc(NC(=O)C3CC3)ncn2)ccc1OC1CCN(C(=O)CCO)CC1(F)F. The number of piperidine rings is 1. The van der Waals surface area contributed by atoms with Crippen LogP contribution in [0.2, 0.25) is 0 Å². The number of nitrogens with zero attached hydrogens (tertiary/aromatic N) is 4. The number of amides is 2. The van der Waals surface area contributed by atoms with Crippen molar-refractivity contribution in [2.75, 3.05) is 25.0 Å². The van der Waals surface area contributed by atoms with Crippen LogP contribution in [0.1, 0.15) is 31.2 Å². The summed E-state index contributed by atoms with van der Waals surface area (Å²) in [5, 5.41) is 21.2. The van der Waals surface area contributed by atoms with Gasteiger partial charge in [-0.15, -0.1) is 0 Å². The fourth-order valence-electron chi connectivity index (χ4n) is 3.72. The first-order valence-electron chi connectivity index (χ1n) is 10.9. The highest BCUT2D eigenvalue weighted by molar-refractivity contribution is 5.93. The molecule has 4 rings (SSSR count). The zero-order chi connectivity index (χ0) is 24.3. The number of halogens is 2. The maximum absolute atomic E-state index is 14.7. The molecule has 2 fully saturated rings. The lowest BCUT2D eigenvalue weighted by Crippen LogP contribution is -2.55. The van der Waals surface area contributed by atoms with Crippen molar-refractivity contribution < 1.29 is 28.2 Å². The molecule has 2 N–H and O–H groups in total. The topological polar surface area (TPSA) is 128 Å². The van der Waals surface area contributed by atoms with E-state index in [0.29, 0.717) is 17.1 Å². The van der Waals surface area contributed by atoms with Gasteiger partial charge in [0, 0.05) is 36.9 Å². The predicted molar refractivity (Wildman–Crippen MR) is 116 cm³/mol. The molecule has 1 aliphatic carbocycles. The number of nitrogens with one attached hydrogen (secondary N) is 1. The molecule has 34 heavy (non-hydrogen) atoms. The number of benzene rings is 1. The number of aliphatic hydroxyl groups excluding tert-OH is 1. The molecule has 9 nitrogen and oxygen atoms in total. The highest BCUT2D eigenvalue weighted by Crippen LogP contribution is 2.34. The van der Waals surface area contributed by atoms with Gasteiger partial charge in [0.2, 0.25) is 11.8 Å². The Morgan fingerprint density at radius 1 is 1.26 bits per heavy atom. The normalized spacial score (nSPS) is 19.2. The zero-order valence-electron chi connectivity index (χ0n) is 18.2. The van der Waals surface area contributed by atoms with Crippen LogP contribution in [0.5, 0.6) is 5.75 Å². The quantitative estimate of drug-likeness (QED) is 0.634. The third kappa shape index (κ3) is 5.28. The highest BCUT2D eigenvalue weighted by Gasteiger charge is 2.47. The summed E-state index contributed by atoms with van der Waals surface area (Å²) in [6, 6.07) is 8.02. The Hall–Kier alpha value is -3.65. The molecule has 1 saturated carbocycles. The number of ether oxygens (including phenoxy) is 1. The Morgan fingerprint density at radius 2 is 2.06 bits per heavy atom. The molecule has 2 aromatic rings. The van der Waals surface area contributed by atoms with E-state index in [4.69, 9.17) is 9.84 Å². The highest BCUT2D eigenvalue weighted by atomic mass is 19.3. The number of hydrogen-bond donors (Lipinski definition) is 2. The fraction of sp³-hybridized carbons (Fsp3) is 0.435. The molecule has 1 unspecified atom stereocenters. The van der Waals surface area contributed by atoms with E-state index in [1.165, 1.54) is 18.5 Å². The van der Waals surface area contributed by atoms with E-state index in [0.717, 1.165) is 17.7 Å². The van der Waals surface area contributed by atoms with Crippen molar-refractivity contribution in [2.45, 2.75) is 37.7 Å². The number of aliphatic hydroxyl groups is 1. The van der Waals surface area contributed by atoms with Gasteiger partial charge in [0.05, 0.1) is 24.4 Å². The third-order valence-electron chi connectivity index (χ3n) is 5.74. The average Bonchev–Trinajstić information content (AvgIpc) is 3.66. The summed E-state index contributed by atoms with van der Waals surface area (Å²) < 4.78 is 34.9. The first-order valence-corrected chi connectivity index (χ1v) is 10.9. The van der Waals surface area contributed by atoms with E-state index in [2.05, 4.69) is 15.3 Å². The van der Waals surface area contributed by atoms with E-state index in [-0.39, 0.29) is 42.5 Å². The number of alkyl halides is 2. The van der Waals surface area contributed by atoms with Gasteiger partial charge in [-0.2, -0.15) is 5.26 Å². The molecule has 1 atom stereocenters. The maximum Gasteiger partial charge on any atom is 0.301 e. The van der Waals surface area contributed by atoms with Gasteiger partial charge < -0.3 is 20.1 Å². The second-order valence-corrected chi connectivity index (χ2v) is 8.32. The molecule has 1 aliphatic heterocycles. The van der Waals surface area contributed by atoms with E-state index in [1.54, 1.807) is 12.1 Å². The first-order chi connectivity index (χ1) is 16.3. The molecule has 0 radical (unpaired) electrons. The number of rotatable bonds is 7. The van der Waals surface area contributed by atoms with Gasteiger partial charge in [-0.3, -0.25) is 9.59 Å². The summed E-state index contributed by atoms with van der Waals surface area (Å²) in [7, 11) is 0. The van der Waals surface area contributed by atoms with Crippen LogP contribution < -0.4 is 10.1 Å². The number of nitriles is 1. The van der Waals surface area contributed by atoms with Gasteiger partial charge >= 0.3 is 5.92 Å². The van der Waals surface area contributed by atoms with Gasteiger partial charge in [-0.25, -0.2) is 18.7 Å². The van der Waals surface area contributed by atoms with Crippen LogP contribution in [0.25, 0.3) is 11.3 Å². The monoisotopic (exact) mass is 471 g/mol. The Bertz CT molecular complexity index is 1130. The standard InChI is InChI=1S/C23H23F2N5O4/c24-23(25)12-30(21(32)6-8-31)7-5-19(23)34-18-4-3-15(9-16(18)11-26)17-10-20(28-13-27-17)29-22(33)14-1-2-14/h3-4,9-10,13-14,19,31H,1-2,5-8,12H2,(H,27,28,29,33). The lowest BCUT2D eigenvalue weighted by Gasteiger charge is -2.38. The lowest BCUT2D eigenvalue weighted by atomic mass is 10.0. The van der Waals surface area contributed by atoms with Crippen LogP contribution in [0.4, 0.5) is 14.6 Å². The largest absolute Gasteiger partial charge is 0.483 e. The van der Waals surface area contributed by atoms with Crippen molar-refractivity contribution in [3.05, 3.63) is 36.2 Å². The van der Waals surface area contributed by atoms with Crippen molar-refractivity contribution in [3.63, 3.8) is 0 Å². The number of aromatic nitrogens is 2. The van der Waals surface area contributed by atoms with Crippen LogP contribution >= 0.6 is 0 Å². The zero-order valence-corrected chi connectivity index (χ0v) is 18.2.